The minimum absolute atomic E-state index is 0.125. The Kier molecular flexibility index (Phi) is 6.86. The molecule has 3 aromatic carbocycles. The lowest BCUT2D eigenvalue weighted by Crippen LogP contribution is -2.25. The molecule has 0 aliphatic heterocycles. The quantitative estimate of drug-likeness (QED) is 0.283. The molecule has 1 heterocycles. The van der Waals surface area contributed by atoms with Gasteiger partial charge in [0.25, 0.3) is 5.56 Å². The Morgan fingerprint density at radius 2 is 1.70 bits per heavy atom. The molecule has 7 heteroatoms. The maximum atomic E-state index is 13.3. The molecule has 168 valence electrons. The third-order valence-electron chi connectivity index (χ3n) is 5.39. The fourth-order valence-electron chi connectivity index (χ4n) is 3.88. The summed E-state index contributed by atoms with van der Waals surface area (Å²) in [6.07, 6.45) is 0. The molecule has 0 aliphatic carbocycles. The zero-order valence-electron chi connectivity index (χ0n) is 18.7. The Balaban J connectivity index is 1.63. The predicted octanol–water partition coefficient (Wildman–Crippen LogP) is 5.75. The van der Waals surface area contributed by atoms with Crippen molar-refractivity contribution in [1.29, 1.82) is 0 Å². The van der Waals surface area contributed by atoms with Crippen LogP contribution in [0.4, 0.5) is 5.69 Å². The first kappa shape index (κ1) is 23.1. The molecular weight excluding hydrogens is 454 g/mol. The number of fused-ring (bicyclic) bond motifs is 1. The van der Waals surface area contributed by atoms with Crippen molar-refractivity contribution in [2.45, 2.75) is 32.5 Å². The van der Waals surface area contributed by atoms with E-state index in [1.165, 1.54) is 11.8 Å². The van der Waals surface area contributed by atoms with E-state index in [0.717, 1.165) is 27.9 Å². The second-order valence-corrected chi connectivity index (χ2v) is 9.35. The minimum Gasteiger partial charge on any atom is -0.325 e. The first-order chi connectivity index (χ1) is 15.8. The summed E-state index contributed by atoms with van der Waals surface area (Å²) < 4.78 is 1.59. The first-order valence-electron chi connectivity index (χ1n) is 10.6. The summed E-state index contributed by atoms with van der Waals surface area (Å²) in [5, 5.41) is 4.60. The number of carbonyl (C=O) groups is 1. The van der Waals surface area contributed by atoms with E-state index in [1.54, 1.807) is 22.8 Å². The number of amides is 1. The number of halogens is 1. The van der Waals surface area contributed by atoms with E-state index in [9.17, 15) is 9.59 Å². The van der Waals surface area contributed by atoms with Crippen molar-refractivity contribution < 1.29 is 4.79 Å². The minimum atomic E-state index is -0.159. The number of nitrogens with one attached hydrogen (secondary N) is 1. The number of hydrogen-bond acceptors (Lipinski definition) is 4. The average molecular weight is 478 g/mol. The molecule has 0 fully saturated rings. The highest BCUT2D eigenvalue weighted by Crippen LogP contribution is 2.24. The van der Waals surface area contributed by atoms with Gasteiger partial charge in [-0.15, -0.1) is 0 Å². The Labute approximate surface area is 201 Å². The lowest BCUT2D eigenvalue weighted by molar-refractivity contribution is -0.113. The van der Waals surface area contributed by atoms with Crippen molar-refractivity contribution in [2.75, 3.05) is 11.1 Å². The van der Waals surface area contributed by atoms with Crippen LogP contribution in [-0.4, -0.2) is 21.2 Å². The van der Waals surface area contributed by atoms with E-state index in [-0.39, 0.29) is 23.8 Å². The molecule has 0 saturated heterocycles. The van der Waals surface area contributed by atoms with Crippen LogP contribution >= 0.6 is 23.4 Å². The zero-order chi connectivity index (χ0) is 23.5. The van der Waals surface area contributed by atoms with Gasteiger partial charge < -0.3 is 5.32 Å². The van der Waals surface area contributed by atoms with Gasteiger partial charge in [-0.3, -0.25) is 14.2 Å². The molecular formula is C26H24ClN3O2S. The van der Waals surface area contributed by atoms with Crippen molar-refractivity contribution in [3.8, 4) is 0 Å². The van der Waals surface area contributed by atoms with Crippen LogP contribution in [0.3, 0.4) is 0 Å². The number of hydrogen-bond donors (Lipinski definition) is 1. The number of aromatic nitrogens is 2. The number of anilines is 1. The molecule has 0 saturated carbocycles. The van der Waals surface area contributed by atoms with Gasteiger partial charge in [0.1, 0.15) is 0 Å². The lowest BCUT2D eigenvalue weighted by atomic mass is 10.1. The first-order valence-corrected chi connectivity index (χ1v) is 11.9. The smallest absolute Gasteiger partial charge is 0.262 e. The van der Waals surface area contributed by atoms with Crippen molar-refractivity contribution in [3.05, 3.63) is 98.3 Å². The van der Waals surface area contributed by atoms with E-state index in [1.807, 2.05) is 63.2 Å². The number of benzene rings is 3. The SMILES string of the molecule is Cc1cc(C)c(NC(=O)CSc2nc3ccccc3c(=O)n2Cc2ccccc2Cl)c(C)c1. The molecule has 1 N–H and O–H groups in total. The standard InChI is InChI=1S/C26H24ClN3O2S/c1-16-12-17(2)24(18(3)13-16)29-23(31)15-33-26-28-22-11-7-5-9-20(22)25(32)30(26)14-19-8-4-6-10-21(19)27/h4-13H,14-15H2,1-3H3,(H,29,31). The normalized spacial score (nSPS) is 11.0. The molecule has 1 amide bonds. The molecule has 0 spiro atoms. The van der Waals surface area contributed by atoms with Crippen LogP contribution in [0.2, 0.25) is 5.02 Å². The summed E-state index contributed by atoms with van der Waals surface area (Å²) in [6, 6.07) is 18.7. The van der Waals surface area contributed by atoms with Crippen molar-refractivity contribution in [3.63, 3.8) is 0 Å². The summed E-state index contributed by atoms with van der Waals surface area (Å²) in [4.78, 5) is 30.8. The summed E-state index contributed by atoms with van der Waals surface area (Å²) in [7, 11) is 0. The molecule has 0 aliphatic rings. The van der Waals surface area contributed by atoms with Crippen LogP contribution in [-0.2, 0) is 11.3 Å². The van der Waals surface area contributed by atoms with E-state index in [2.05, 4.69) is 5.32 Å². The molecule has 33 heavy (non-hydrogen) atoms. The van der Waals surface area contributed by atoms with Crippen molar-refractivity contribution in [2.24, 2.45) is 0 Å². The third kappa shape index (κ3) is 5.13. The lowest BCUT2D eigenvalue weighted by Gasteiger charge is -2.15. The highest BCUT2D eigenvalue weighted by molar-refractivity contribution is 7.99. The summed E-state index contributed by atoms with van der Waals surface area (Å²) in [5.41, 5.74) is 5.28. The Hall–Kier alpha value is -3.09. The highest BCUT2D eigenvalue weighted by atomic mass is 35.5. The molecule has 1 aromatic heterocycles. The van der Waals surface area contributed by atoms with E-state index < -0.39 is 0 Å². The van der Waals surface area contributed by atoms with Crippen LogP contribution in [0.25, 0.3) is 10.9 Å². The molecule has 0 radical (unpaired) electrons. The number of para-hydroxylation sites is 1. The molecule has 0 bridgehead atoms. The van der Waals surface area contributed by atoms with Gasteiger partial charge in [-0.1, -0.05) is 71.4 Å². The number of thioether (sulfide) groups is 1. The maximum absolute atomic E-state index is 13.3. The van der Waals surface area contributed by atoms with Gasteiger partial charge in [-0.05, 0) is 55.7 Å². The third-order valence-corrected chi connectivity index (χ3v) is 6.73. The molecule has 4 rings (SSSR count). The number of rotatable bonds is 6. The van der Waals surface area contributed by atoms with E-state index >= 15 is 0 Å². The van der Waals surface area contributed by atoms with Crippen LogP contribution in [0.5, 0.6) is 0 Å². The largest absolute Gasteiger partial charge is 0.325 e. The topological polar surface area (TPSA) is 64.0 Å². The Morgan fingerprint density at radius 3 is 2.42 bits per heavy atom. The van der Waals surface area contributed by atoms with Gasteiger partial charge in [0.15, 0.2) is 5.16 Å². The molecule has 4 aromatic rings. The number of aryl methyl sites for hydroxylation is 3. The van der Waals surface area contributed by atoms with Gasteiger partial charge in [0, 0.05) is 10.7 Å². The van der Waals surface area contributed by atoms with Gasteiger partial charge >= 0.3 is 0 Å². The van der Waals surface area contributed by atoms with Crippen LogP contribution in [0.15, 0.2) is 70.6 Å². The molecule has 0 atom stereocenters. The highest BCUT2D eigenvalue weighted by Gasteiger charge is 2.15. The van der Waals surface area contributed by atoms with Crippen LogP contribution in [0, 0.1) is 20.8 Å². The second kappa shape index (κ2) is 9.81. The number of carbonyl (C=O) groups excluding carboxylic acids is 1. The predicted molar refractivity (Wildman–Crippen MR) is 137 cm³/mol. The summed E-state index contributed by atoms with van der Waals surface area (Å²) >= 11 is 7.59. The van der Waals surface area contributed by atoms with Crippen molar-refractivity contribution in [1.82, 2.24) is 9.55 Å². The average Bonchev–Trinajstić information content (AvgIpc) is 2.78. The van der Waals surface area contributed by atoms with Gasteiger partial charge in [0.2, 0.25) is 5.91 Å². The maximum Gasteiger partial charge on any atom is 0.262 e. The van der Waals surface area contributed by atoms with Gasteiger partial charge in [-0.25, -0.2) is 4.98 Å². The van der Waals surface area contributed by atoms with E-state index in [0.29, 0.717) is 21.1 Å². The van der Waals surface area contributed by atoms with Gasteiger partial charge in [-0.2, -0.15) is 0 Å². The fourth-order valence-corrected chi connectivity index (χ4v) is 4.87. The second-order valence-electron chi connectivity index (χ2n) is 8.00. The molecule has 0 unspecified atom stereocenters. The summed E-state index contributed by atoms with van der Waals surface area (Å²) in [6.45, 7) is 6.27. The molecule has 5 nitrogen and oxygen atoms in total. The Morgan fingerprint density at radius 1 is 1.03 bits per heavy atom. The van der Waals surface area contributed by atoms with Gasteiger partial charge in [0.05, 0.1) is 23.2 Å². The van der Waals surface area contributed by atoms with Crippen LogP contribution in [0.1, 0.15) is 22.3 Å². The van der Waals surface area contributed by atoms with Crippen LogP contribution < -0.4 is 10.9 Å². The van der Waals surface area contributed by atoms with E-state index in [4.69, 9.17) is 16.6 Å². The Bertz CT molecular complexity index is 1390. The fraction of sp³-hybridized carbons (Fsp3) is 0.192. The number of nitrogens with zero attached hydrogens (tertiary/aromatic N) is 2. The zero-order valence-corrected chi connectivity index (χ0v) is 20.3. The monoisotopic (exact) mass is 477 g/mol. The van der Waals surface area contributed by atoms with Crippen molar-refractivity contribution >= 4 is 45.9 Å². The summed E-state index contributed by atoms with van der Waals surface area (Å²) in [5.74, 6) is -0.0261.